The quantitative estimate of drug-likeness (QED) is 0.859. The van der Waals surface area contributed by atoms with Crippen LogP contribution in [0.1, 0.15) is 17.5 Å². The van der Waals surface area contributed by atoms with Crippen molar-refractivity contribution in [3.8, 4) is 5.75 Å². The largest absolute Gasteiger partial charge is 0.497 e. The highest BCUT2D eigenvalue weighted by atomic mass is 16.5. The first kappa shape index (κ1) is 11.1. The van der Waals surface area contributed by atoms with Crippen LogP contribution in [-0.4, -0.2) is 32.4 Å². The summed E-state index contributed by atoms with van der Waals surface area (Å²) in [5.74, 6) is 0.969. The molecule has 3 nitrogen and oxygen atoms in total. The zero-order valence-electron chi connectivity index (χ0n) is 10.2. The molecule has 3 rings (SSSR count). The van der Waals surface area contributed by atoms with E-state index in [1.807, 2.05) is 0 Å². The number of nitrogens with one attached hydrogen (secondary N) is 1. The Morgan fingerprint density at radius 1 is 1.24 bits per heavy atom. The molecule has 1 aromatic rings. The Labute approximate surface area is 102 Å². The molecule has 0 aromatic heterocycles. The zero-order chi connectivity index (χ0) is 11.7. The average Bonchev–Trinajstić information content (AvgIpc) is 2.33. The highest BCUT2D eigenvalue weighted by molar-refractivity contribution is 5.37. The van der Waals surface area contributed by atoms with Crippen molar-refractivity contribution in [2.24, 2.45) is 0 Å². The molecule has 92 valence electrons. The van der Waals surface area contributed by atoms with Crippen molar-refractivity contribution in [2.75, 3.05) is 20.3 Å². The lowest BCUT2D eigenvalue weighted by molar-refractivity contribution is -0.0106. The summed E-state index contributed by atoms with van der Waals surface area (Å²) in [6.07, 6.45) is 3.52. The van der Waals surface area contributed by atoms with Crippen molar-refractivity contribution in [1.82, 2.24) is 5.32 Å². The van der Waals surface area contributed by atoms with Gasteiger partial charge in [0.05, 0.1) is 26.4 Å². The Morgan fingerprint density at radius 2 is 2.12 bits per heavy atom. The molecule has 0 saturated carbocycles. The average molecular weight is 233 g/mol. The van der Waals surface area contributed by atoms with E-state index in [4.69, 9.17) is 9.47 Å². The van der Waals surface area contributed by atoms with Crippen LogP contribution in [0.5, 0.6) is 5.75 Å². The maximum Gasteiger partial charge on any atom is 0.119 e. The summed E-state index contributed by atoms with van der Waals surface area (Å²) in [5, 5.41) is 3.67. The molecule has 17 heavy (non-hydrogen) atoms. The number of hydrogen-bond acceptors (Lipinski definition) is 3. The lowest BCUT2D eigenvalue weighted by Gasteiger charge is -2.34. The predicted molar refractivity (Wildman–Crippen MR) is 66.5 cm³/mol. The van der Waals surface area contributed by atoms with Gasteiger partial charge in [-0.3, -0.25) is 0 Å². The summed E-state index contributed by atoms with van der Waals surface area (Å²) in [5.41, 5.74) is 2.92. The first-order valence-corrected chi connectivity index (χ1v) is 6.35. The van der Waals surface area contributed by atoms with Gasteiger partial charge in [-0.1, -0.05) is 6.07 Å². The number of hydrogen-bond donors (Lipinski definition) is 1. The van der Waals surface area contributed by atoms with E-state index in [1.54, 1.807) is 7.11 Å². The van der Waals surface area contributed by atoms with E-state index in [1.165, 1.54) is 24.0 Å². The van der Waals surface area contributed by atoms with Gasteiger partial charge in [-0.15, -0.1) is 0 Å². The molecule has 0 spiro atoms. The number of benzene rings is 1. The molecule has 0 bridgehead atoms. The minimum atomic E-state index is 0.576. The van der Waals surface area contributed by atoms with Gasteiger partial charge in [-0.2, -0.15) is 0 Å². The maximum absolute atomic E-state index is 5.29. The molecular formula is C14H19NO2. The second-order valence-corrected chi connectivity index (χ2v) is 4.98. The van der Waals surface area contributed by atoms with Crippen molar-refractivity contribution in [3.05, 3.63) is 29.3 Å². The maximum atomic E-state index is 5.29. The molecule has 1 atom stereocenters. The van der Waals surface area contributed by atoms with E-state index in [2.05, 4.69) is 23.5 Å². The first-order valence-electron chi connectivity index (χ1n) is 6.35. The van der Waals surface area contributed by atoms with Crippen molar-refractivity contribution in [1.29, 1.82) is 0 Å². The van der Waals surface area contributed by atoms with Gasteiger partial charge in [0, 0.05) is 6.04 Å². The third-order valence-corrected chi connectivity index (χ3v) is 3.75. The molecule has 0 amide bonds. The van der Waals surface area contributed by atoms with Crippen molar-refractivity contribution >= 4 is 0 Å². The molecule has 0 radical (unpaired) electrons. The fourth-order valence-corrected chi connectivity index (χ4v) is 2.67. The van der Waals surface area contributed by atoms with Gasteiger partial charge in [0.2, 0.25) is 0 Å². The van der Waals surface area contributed by atoms with Crippen molar-refractivity contribution < 1.29 is 9.47 Å². The molecule has 1 heterocycles. The van der Waals surface area contributed by atoms with Crippen LogP contribution < -0.4 is 10.1 Å². The highest BCUT2D eigenvalue weighted by Crippen LogP contribution is 2.26. The third kappa shape index (κ3) is 2.31. The topological polar surface area (TPSA) is 30.5 Å². The molecule has 1 aliphatic heterocycles. The zero-order valence-corrected chi connectivity index (χ0v) is 10.2. The molecular weight excluding hydrogens is 214 g/mol. The fraction of sp³-hybridized carbons (Fsp3) is 0.571. The number of ether oxygens (including phenoxy) is 2. The lowest BCUT2D eigenvalue weighted by atomic mass is 9.87. The van der Waals surface area contributed by atoms with Crippen LogP contribution in [0, 0.1) is 0 Å². The van der Waals surface area contributed by atoms with Gasteiger partial charge in [0.1, 0.15) is 5.75 Å². The van der Waals surface area contributed by atoms with Gasteiger partial charge in [-0.25, -0.2) is 0 Å². The van der Waals surface area contributed by atoms with Gasteiger partial charge in [0.25, 0.3) is 0 Å². The Kier molecular flexibility index (Phi) is 3.04. The van der Waals surface area contributed by atoms with E-state index in [0.29, 0.717) is 12.1 Å². The van der Waals surface area contributed by atoms with E-state index in [0.717, 1.165) is 25.4 Å². The third-order valence-electron chi connectivity index (χ3n) is 3.75. The molecule has 1 aliphatic carbocycles. The smallest absolute Gasteiger partial charge is 0.119 e. The summed E-state index contributed by atoms with van der Waals surface area (Å²) in [7, 11) is 1.73. The summed E-state index contributed by atoms with van der Waals surface area (Å²) in [6, 6.07) is 7.62. The number of rotatable bonds is 3. The Morgan fingerprint density at radius 3 is 2.82 bits per heavy atom. The minimum Gasteiger partial charge on any atom is -0.497 e. The van der Waals surface area contributed by atoms with Crippen LogP contribution in [-0.2, 0) is 17.6 Å². The van der Waals surface area contributed by atoms with Crippen LogP contribution >= 0.6 is 0 Å². The molecule has 1 unspecified atom stereocenters. The minimum absolute atomic E-state index is 0.576. The van der Waals surface area contributed by atoms with E-state index >= 15 is 0 Å². The van der Waals surface area contributed by atoms with Crippen LogP contribution in [0.4, 0.5) is 0 Å². The van der Waals surface area contributed by atoms with E-state index < -0.39 is 0 Å². The molecule has 1 N–H and O–H groups in total. The Bertz CT molecular complexity index is 401. The van der Waals surface area contributed by atoms with E-state index in [9.17, 15) is 0 Å². The fourth-order valence-electron chi connectivity index (χ4n) is 2.67. The van der Waals surface area contributed by atoms with E-state index in [-0.39, 0.29) is 0 Å². The lowest BCUT2D eigenvalue weighted by Crippen LogP contribution is -2.51. The van der Waals surface area contributed by atoms with Crippen LogP contribution in [0.2, 0.25) is 0 Å². The summed E-state index contributed by atoms with van der Waals surface area (Å²) < 4.78 is 10.5. The molecule has 1 aromatic carbocycles. The second kappa shape index (κ2) is 4.67. The van der Waals surface area contributed by atoms with Crippen LogP contribution in [0.3, 0.4) is 0 Å². The molecule has 2 aliphatic rings. The Balaban J connectivity index is 1.69. The van der Waals surface area contributed by atoms with Gasteiger partial charge in [0.15, 0.2) is 0 Å². The van der Waals surface area contributed by atoms with Gasteiger partial charge >= 0.3 is 0 Å². The van der Waals surface area contributed by atoms with Gasteiger partial charge < -0.3 is 14.8 Å². The first-order chi connectivity index (χ1) is 8.35. The number of fused-ring (bicyclic) bond motifs is 1. The number of methoxy groups -OCH3 is 1. The molecule has 1 fully saturated rings. The van der Waals surface area contributed by atoms with Crippen LogP contribution in [0.15, 0.2) is 18.2 Å². The Hall–Kier alpha value is -1.06. The van der Waals surface area contributed by atoms with Crippen LogP contribution in [0.25, 0.3) is 0 Å². The summed E-state index contributed by atoms with van der Waals surface area (Å²) in [6.45, 7) is 1.75. The standard InChI is InChI=1S/C14H19NO2/c1-16-14-5-3-10-2-4-12(6-11(10)7-14)15-13-8-17-9-13/h3,5,7,12-13,15H,2,4,6,8-9H2,1H3. The van der Waals surface area contributed by atoms with Crippen molar-refractivity contribution in [2.45, 2.75) is 31.3 Å². The van der Waals surface area contributed by atoms with Gasteiger partial charge in [-0.05, 0) is 42.5 Å². The SMILES string of the molecule is COc1ccc2c(c1)CC(NC1COC1)CC2. The second-order valence-electron chi connectivity index (χ2n) is 4.98. The predicted octanol–water partition coefficient (Wildman–Crippen LogP) is 1.54. The highest BCUT2D eigenvalue weighted by Gasteiger charge is 2.25. The summed E-state index contributed by atoms with van der Waals surface area (Å²) >= 11 is 0. The number of aryl methyl sites for hydroxylation is 1. The molecule has 3 heteroatoms. The monoisotopic (exact) mass is 233 g/mol. The summed E-state index contributed by atoms with van der Waals surface area (Å²) in [4.78, 5) is 0. The normalized spacial score (nSPS) is 23.9. The molecule has 1 saturated heterocycles. The van der Waals surface area contributed by atoms with Crippen molar-refractivity contribution in [3.63, 3.8) is 0 Å².